The Labute approximate surface area is 182 Å². The van der Waals surface area contributed by atoms with Crippen molar-refractivity contribution < 1.29 is 14.3 Å². The van der Waals surface area contributed by atoms with E-state index in [2.05, 4.69) is 15.5 Å². The van der Waals surface area contributed by atoms with Crippen molar-refractivity contribution in [2.45, 2.75) is 20.3 Å². The number of amides is 2. The quantitative estimate of drug-likeness (QED) is 0.680. The Bertz CT molecular complexity index is 1110. The summed E-state index contributed by atoms with van der Waals surface area (Å²) in [4.78, 5) is 27.7. The fraction of sp³-hybridized carbons (Fsp3) is 0.280. The first-order valence-electron chi connectivity index (χ1n) is 10.4. The van der Waals surface area contributed by atoms with E-state index in [9.17, 15) is 9.59 Å². The van der Waals surface area contributed by atoms with Gasteiger partial charge in [-0.25, -0.2) is 0 Å². The van der Waals surface area contributed by atoms with Crippen LogP contribution in [0, 0.1) is 13.8 Å². The van der Waals surface area contributed by atoms with Crippen LogP contribution in [0.5, 0.6) is 5.75 Å². The lowest BCUT2D eigenvalue weighted by atomic mass is 9.98. The molecule has 6 nitrogen and oxygen atoms in total. The van der Waals surface area contributed by atoms with E-state index >= 15 is 0 Å². The topological polar surface area (TPSA) is 70.7 Å². The molecule has 2 aliphatic heterocycles. The molecule has 31 heavy (non-hydrogen) atoms. The fourth-order valence-electron chi connectivity index (χ4n) is 3.98. The molecule has 2 aliphatic rings. The Hall–Kier alpha value is -3.38. The lowest BCUT2D eigenvalue weighted by Gasteiger charge is -2.11. The molecule has 2 N–H and O–H groups in total. The normalized spacial score (nSPS) is 15.5. The molecule has 0 fully saturated rings. The van der Waals surface area contributed by atoms with Gasteiger partial charge in [0.05, 0.1) is 29.1 Å². The Morgan fingerprint density at radius 3 is 2.16 bits per heavy atom. The molecule has 0 aromatic heterocycles. The van der Waals surface area contributed by atoms with Crippen LogP contribution in [0.1, 0.15) is 28.7 Å². The Balaban J connectivity index is 1.62. The van der Waals surface area contributed by atoms with Gasteiger partial charge in [0.2, 0.25) is 0 Å². The van der Waals surface area contributed by atoms with Crippen molar-refractivity contribution in [2.24, 2.45) is 0 Å². The van der Waals surface area contributed by atoms with Crippen LogP contribution in [0.2, 0.25) is 0 Å². The molecular formula is C25H27N3O3. The van der Waals surface area contributed by atoms with Crippen LogP contribution in [-0.2, 0) is 9.59 Å². The summed E-state index contributed by atoms with van der Waals surface area (Å²) in [7, 11) is 4.07. The maximum atomic E-state index is 12.8. The molecule has 4 rings (SSSR count). The molecule has 0 aliphatic carbocycles. The second-order valence-electron chi connectivity index (χ2n) is 8.26. The van der Waals surface area contributed by atoms with Gasteiger partial charge in [0.15, 0.2) is 0 Å². The third-order valence-electron chi connectivity index (χ3n) is 5.49. The van der Waals surface area contributed by atoms with Gasteiger partial charge in [0, 0.05) is 12.1 Å². The number of aryl methyl sites for hydroxylation is 2. The highest BCUT2D eigenvalue weighted by molar-refractivity contribution is 6.30. The molecule has 2 aromatic rings. The van der Waals surface area contributed by atoms with Gasteiger partial charge < -0.3 is 20.3 Å². The van der Waals surface area contributed by atoms with Crippen LogP contribution < -0.4 is 15.4 Å². The molecule has 0 spiro atoms. The Morgan fingerprint density at radius 2 is 1.52 bits per heavy atom. The summed E-state index contributed by atoms with van der Waals surface area (Å²) < 4.78 is 5.78. The van der Waals surface area contributed by atoms with E-state index in [0.29, 0.717) is 29.1 Å². The first-order chi connectivity index (χ1) is 14.8. The van der Waals surface area contributed by atoms with Crippen LogP contribution in [0.3, 0.4) is 0 Å². The van der Waals surface area contributed by atoms with Crippen molar-refractivity contribution in [2.75, 3.05) is 27.2 Å². The largest absolute Gasteiger partial charge is 0.494 e. The van der Waals surface area contributed by atoms with Gasteiger partial charge in [-0.3, -0.25) is 9.59 Å². The highest BCUT2D eigenvalue weighted by Gasteiger charge is 2.41. The minimum Gasteiger partial charge on any atom is -0.494 e. The maximum Gasteiger partial charge on any atom is 0.258 e. The van der Waals surface area contributed by atoms with Crippen molar-refractivity contribution >= 4 is 23.2 Å². The van der Waals surface area contributed by atoms with E-state index in [1.165, 1.54) is 0 Å². The molecule has 2 heterocycles. The zero-order valence-electron chi connectivity index (χ0n) is 18.3. The van der Waals surface area contributed by atoms with E-state index in [4.69, 9.17) is 4.74 Å². The van der Waals surface area contributed by atoms with Gasteiger partial charge in [-0.2, -0.15) is 0 Å². The van der Waals surface area contributed by atoms with Crippen LogP contribution in [0.25, 0.3) is 11.4 Å². The number of nitrogens with one attached hydrogen (secondary N) is 2. The SMILES string of the molecule is Cc1ccc(C2=C3C(=O)NC(c4ccc(OCCCN(C)C)cc4)=C3C(=O)N2)c(C)c1. The molecule has 0 radical (unpaired) electrons. The minimum absolute atomic E-state index is 0.262. The van der Waals surface area contributed by atoms with Gasteiger partial charge in [0.1, 0.15) is 5.75 Å². The predicted octanol–water partition coefficient (Wildman–Crippen LogP) is 3.02. The highest BCUT2D eigenvalue weighted by Crippen LogP contribution is 2.38. The molecule has 0 atom stereocenters. The number of hydrogen-bond donors (Lipinski definition) is 2. The second kappa shape index (κ2) is 8.40. The molecule has 0 bridgehead atoms. The van der Waals surface area contributed by atoms with Gasteiger partial charge in [-0.05, 0) is 69.8 Å². The first-order valence-corrected chi connectivity index (χ1v) is 10.4. The number of carbonyl (C=O) groups is 2. The summed E-state index contributed by atoms with van der Waals surface area (Å²) in [5.41, 5.74) is 5.71. The van der Waals surface area contributed by atoms with Gasteiger partial charge in [0.25, 0.3) is 11.8 Å². The number of benzene rings is 2. The summed E-state index contributed by atoms with van der Waals surface area (Å²) in [6.07, 6.45) is 0.940. The molecule has 160 valence electrons. The van der Waals surface area contributed by atoms with Crippen molar-refractivity contribution in [1.29, 1.82) is 0 Å². The number of rotatable bonds is 7. The van der Waals surface area contributed by atoms with Crippen LogP contribution >= 0.6 is 0 Å². The van der Waals surface area contributed by atoms with Crippen molar-refractivity contribution in [3.8, 4) is 5.75 Å². The van der Waals surface area contributed by atoms with Crippen LogP contribution in [-0.4, -0.2) is 44.0 Å². The van der Waals surface area contributed by atoms with Crippen LogP contribution in [0.4, 0.5) is 0 Å². The van der Waals surface area contributed by atoms with E-state index in [-0.39, 0.29) is 11.8 Å². The summed E-state index contributed by atoms with van der Waals surface area (Å²) in [6, 6.07) is 13.4. The summed E-state index contributed by atoms with van der Waals surface area (Å²) in [5.74, 6) is 0.240. The monoisotopic (exact) mass is 417 g/mol. The van der Waals surface area contributed by atoms with E-state index < -0.39 is 0 Å². The van der Waals surface area contributed by atoms with Crippen molar-refractivity contribution in [3.05, 3.63) is 75.9 Å². The minimum atomic E-state index is -0.262. The molecule has 0 unspecified atom stereocenters. The number of nitrogens with zero attached hydrogens (tertiary/aromatic N) is 1. The summed E-state index contributed by atoms with van der Waals surface area (Å²) in [6.45, 7) is 5.60. The zero-order valence-corrected chi connectivity index (χ0v) is 18.3. The first kappa shape index (κ1) is 20.9. The van der Waals surface area contributed by atoms with Gasteiger partial charge in [-0.1, -0.05) is 23.8 Å². The maximum absolute atomic E-state index is 12.8. The average molecular weight is 418 g/mol. The number of carbonyl (C=O) groups excluding carboxylic acids is 2. The van der Waals surface area contributed by atoms with Gasteiger partial charge >= 0.3 is 0 Å². The van der Waals surface area contributed by atoms with Crippen molar-refractivity contribution in [1.82, 2.24) is 15.5 Å². The highest BCUT2D eigenvalue weighted by atomic mass is 16.5. The molecule has 2 aromatic carbocycles. The summed E-state index contributed by atoms with van der Waals surface area (Å²) >= 11 is 0. The lowest BCUT2D eigenvalue weighted by Crippen LogP contribution is -2.21. The smallest absolute Gasteiger partial charge is 0.258 e. The van der Waals surface area contributed by atoms with E-state index in [1.807, 2.05) is 70.4 Å². The molecule has 0 saturated heterocycles. The number of hydrogen-bond acceptors (Lipinski definition) is 4. The number of fused-ring (bicyclic) bond motifs is 1. The molecule has 6 heteroatoms. The van der Waals surface area contributed by atoms with E-state index in [0.717, 1.165) is 41.0 Å². The van der Waals surface area contributed by atoms with E-state index in [1.54, 1.807) is 0 Å². The zero-order chi connectivity index (χ0) is 22.1. The second-order valence-corrected chi connectivity index (χ2v) is 8.26. The average Bonchev–Trinajstić information content (AvgIpc) is 3.24. The van der Waals surface area contributed by atoms with Gasteiger partial charge in [-0.15, -0.1) is 0 Å². The Morgan fingerprint density at radius 1 is 0.871 bits per heavy atom. The fourth-order valence-corrected chi connectivity index (χ4v) is 3.98. The third-order valence-corrected chi connectivity index (χ3v) is 5.49. The number of ether oxygens (including phenoxy) is 1. The third kappa shape index (κ3) is 4.11. The molecule has 2 amide bonds. The van der Waals surface area contributed by atoms with Crippen molar-refractivity contribution in [3.63, 3.8) is 0 Å². The molecular weight excluding hydrogens is 390 g/mol. The molecule has 0 saturated carbocycles. The predicted molar refractivity (Wildman–Crippen MR) is 121 cm³/mol. The standard InChI is InChI=1S/C25H27N3O3/c1-15-6-11-19(16(2)14-15)23-21-20(24(29)27-23)22(26-25(21)30)17-7-9-18(10-8-17)31-13-5-12-28(3)4/h6-11,14H,5,12-13H2,1-4H3,(H,26,30)(H,27,29). The Kier molecular flexibility index (Phi) is 5.65. The van der Waals surface area contributed by atoms with Crippen LogP contribution in [0.15, 0.2) is 53.6 Å². The summed E-state index contributed by atoms with van der Waals surface area (Å²) in [5, 5.41) is 5.80. The lowest BCUT2D eigenvalue weighted by molar-refractivity contribution is -0.117.